The molecule has 0 radical (unpaired) electrons. The molecule has 2 N–H and O–H groups in total. The fourth-order valence-electron chi connectivity index (χ4n) is 4.38. The quantitative estimate of drug-likeness (QED) is 0.497. The number of carbonyl (C=O) groups is 1. The molecule has 4 rings (SSSR count). The summed E-state index contributed by atoms with van der Waals surface area (Å²) < 4.78 is 2.64. The zero-order valence-corrected chi connectivity index (χ0v) is 17.6. The number of H-pyrrole nitrogens is 1. The van der Waals surface area contributed by atoms with E-state index in [4.69, 9.17) is 0 Å². The number of nitrogens with one attached hydrogen (secondary N) is 1. The molecule has 0 aliphatic rings. The SMILES string of the molecule is CCC(CC(=O)O)n1c(=O)c2ccncc2n([C@H](C)c2c[nH]c3cccc(C)c23)c1=O. The summed E-state index contributed by atoms with van der Waals surface area (Å²) in [5, 5.41) is 10.7. The van der Waals surface area contributed by atoms with Gasteiger partial charge in [-0.15, -0.1) is 0 Å². The molecule has 0 saturated heterocycles. The summed E-state index contributed by atoms with van der Waals surface area (Å²) in [5.41, 5.74) is 2.35. The molecular formula is C23H24N4O4. The Bertz CT molecular complexity index is 1410. The smallest absolute Gasteiger partial charge is 0.332 e. The largest absolute Gasteiger partial charge is 0.481 e. The number of rotatable bonds is 6. The van der Waals surface area contributed by atoms with Gasteiger partial charge in [0.05, 0.1) is 35.6 Å². The average Bonchev–Trinajstić information content (AvgIpc) is 3.18. The Morgan fingerprint density at radius 1 is 1.23 bits per heavy atom. The highest BCUT2D eigenvalue weighted by molar-refractivity contribution is 5.87. The van der Waals surface area contributed by atoms with Crippen molar-refractivity contribution in [1.29, 1.82) is 0 Å². The number of carboxylic acids is 1. The van der Waals surface area contributed by atoms with Crippen molar-refractivity contribution < 1.29 is 9.90 Å². The molecule has 8 nitrogen and oxygen atoms in total. The molecule has 4 aromatic rings. The Morgan fingerprint density at radius 2 is 2.00 bits per heavy atom. The predicted octanol–water partition coefficient (Wildman–Crippen LogP) is 3.38. The molecule has 31 heavy (non-hydrogen) atoms. The molecule has 3 heterocycles. The number of aliphatic carboxylic acids is 1. The van der Waals surface area contributed by atoms with Gasteiger partial charge >= 0.3 is 11.7 Å². The number of benzene rings is 1. The van der Waals surface area contributed by atoms with E-state index in [-0.39, 0.29) is 6.42 Å². The van der Waals surface area contributed by atoms with Gasteiger partial charge in [-0.05, 0) is 38.0 Å². The summed E-state index contributed by atoms with van der Waals surface area (Å²) in [6.07, 6.45) is 4.93. The molecule has 160 valence electrons. The minimum atomic E-state index is -1.06. The third kappa shape index (κ3) is 3.34. The molecule has 0 amide bonds. The summed E-state index contributed by atoms with van der Waals surface area (Å²) in [4.78, 5) is 45.6. The number of carboxylic acid groups (broad SMARTS) is 1. The van der Waals surface area contributed by atoms with E-state index in [1.807, 2.05) is 38.2 Å². The van der Waals surface area contributed by atoms with Crippen LogP contribution in [0.4, 0.5) is 0 Å². The molecule has 0 saturated carbocycles. The topological polar surface area (TPSA) is 110 Å². The minimum Gasteiger partial charge on any atom is -0.481 e. The van der Waals surface area contributed by atoms with Gasteiger partial charge in [0.2, 0.25) is 0 Å². The molecule has 0 aliphatic carbocycles. The molecule has 8 heteroatoms. The zero-order chi connectivity index (χ0) is 22.3. The summed E-state index contributed by atoms with van der Waals surface area (Å²) >= 11 is 0. The first-order valence-electron chi connectivity index (χ1n) is 10.2. The van der Waals surface area contributed by atoms with Gasteiger partial charge in [-0.3, -0.25) is 23.7 Å². The van der Waals surface area contributed by atoms with Gasteiger partial charge in [0.1, 0.15) is 0 Å². The van der Waals surface area contributed by atoms with Crippen molar-refractivity contribution in [3.8, 4) is 0 Å². The lowest BCUT2D eigenvalue weighted by Crippen LogP contribution is -2.43. The highest BCUT2D eigenvalue weighted by Gasteiger charge is 2.25. The molecule has 3 aromatic heterocycles. The van der Waals surface area contributed by atoms with Crippen molar-refractivity contribution in [3.05, 3.63) is 74.8 Å². The Kier molecular flexibility index (Phi) is 5.22. The van der Waals surface area contributed by atoms with E-state index in [1.54, 1.807) is 17.6 Å². The van der Waals surface area contributed by atoms with Crippen molar-refractivity contribution >= 4 is 27.8 Å². The summed E-state index contributed by atoms with van der Waals surface area (Å²) in [7, 11) is 0. The summed E-state index contributed by atoms with van der Waals surface area (Å²) in [6.45, 7) is 5.68. The van der Waals surface area contributed by atoms with E-state index in [0.717, 1.165) is 26.6 Å². The standard InChI is InChI=1S/C23H24N4O4/c1-4-15(10-20(28)29)27-22(30)16-8-9-24-12-19(16)26(23(27)31)14(3)17-11-25-18-7-5-6-13(2)21(17)18/h5-9,11-12,14-15,25H,4,10H2,1-3H3,(H,28,29)/t14-,15?/m1/s1. The first-order chi connectivity index (χ1) is 14.8. The van der Waals surface area contributed by atoms with Gasteiger partial charge < -0.3 is 10.1 Å². The maximum absolute atomic E-state index is 13.6. The normalized spacial score (nSPS) is 13.5. The van der Waals surface area contributed by atoms with Crippen molar-refractivity contribution in [3.63, 3.8) is 0 Å². The van der Waals surface area contributed by atoms with Crippen LogP contribution in [0.3, 0.4) is 0 Å². The van der Waals surface area contributed by atoms with Gasteiger partial charge in [-0.2, -0.15) is 0 Å². The monoisotopic (exact) mass is 420 g/mol. The summed E-state index contributed by atoms with van der Waals surface area (Å²) in [6, 6.07) is 6.37. The van der Waals surface area contributed by atoms with Gasteiger partial charge in [-0.25, -0.2) is 4.79 Å². The Labute approximate surface area is 177 Å². The van der Waals surface area contributed by atoms with Gasteiger partial charge in [0, 0.05) is 28.9 Å². The number of aromatic nitrogens is 4. The van der Waals surface area contributed by atoms with Crippen molar-refractivity contribution in [2.24, 2.45) is 0 Å². The lowest BCUT2D eigenvalue weighted by Gasteiger charge is -2.23. The predicted molar refractivity (Wildman–Crippen MR) is 119 cm³/mol. The van der Waals surface area contributed by atoms with Crippen LogP contribution in [0.15, 0.2) is 52.4 Å². The van der Waals surface area contributed by atoms with Gasteiger partial charge in [0.15, 0.2) is 0 Å². The number of aryl methyl sites for hydroxylation is 1. The van der Waals surface area contributed by atoms with Gasteiger partial charge in [0.25, 0.3) is 5.56 Å². The van der Waals surface area contributed by atoms with Crippen molar-refractivity contribution in [2.45, 2.75) is 45.7 Å². The van der Waals surface area contributed by atoms with Crippen LogP contribution in [-0.4, -0.2) is 30.2 Å². The Balaban J connectivity index is 2.04. The van der Waals surface area contributed by atoms with Crippen LogP contribution in [0, 0.1) is 6.92 Å². The zero-order valence-electron chi connectivity index (χ0n) is 17.6. The van der Waals surface area contributed by atoms with Crippen LogP contribution in [0.5, 0.6) is 0 Å². The van der Waals surface area contributed by atoms with Crippen LogP contribution < -0.4 is 11.2 Å². The van der Waals surface area contributed by atoms with Crippen molar-refractivity contribution in [1.82, 2.24) is 19.1 Å². The van der Waals surface area contributed by atoms with E-state index in [1.165, 1.54) is 12.4 Å². The molecule has 1 unspecified atom stereocenters. The molecule has 1 aromatic carbocycles. The third-order valence-electron chi connectivity index (χ3n) is 5.95. The first kappa shape index (κ1) is 20.6. The molecule has 0 aliphatic heterocycles. The fraction of sp³-hybridized carbons (Fsp3) is 0.304. The van der Waals surface area contributed by atoms with E-state index < -0.39 is 29.3 Å². The van der Waals surface area contributed by atoms with E-state index in [9.17, 15) is 19.5 Å². The maximum atomic E-state index is 13.6. The second-order valence-electron chi connectivity index (χ2n) is 7.80. The number of pyridine rings is 1. The number of hydrogen-bond acceptors (Lipinski definition) is 4. The minimum absolute atomic E-state index is 0.303. The molecule has 0 fully saturated rings. The van der Waals surface area contributed by atoms with Crippen LogP contribution in [-0.2, 0) is 4.79 Å². The second kappa shape index (κ2) is 7.86. The Morgan fingerprint density at radius 3 is 2.71 bits per heavy atom. The molecule has 0 bridgehead atoms. The van der Waals surface area contributed by atoms with Crippen LogP contribution in [0.25, 0.3) is 21.8 Å². The first-order valence-corrected chi connectivity index (χ1v) is 10.2. The third-order valence-corrected chi connectivity index (χ3v) is 5.95. The lowest BCUT2D eigenvalue weighted by atomic mass is 10.0. The number of aromatic amines is 1. The van der Waals surface area contributed by atoms with Gasteiger partial charge in [-0.1, -0.05) is 19.1 Å². The van der Waals surface area contributed by atoms with Crippen molar-refractivity contribution in [2.75, 3.05) is 0 Å². The highest BCUT2D eigenvalue weighted by atomic mass is 16.4. The van der Waals surface area contributed by atoms with E-state index in [2.05, 4.69) is 9.97 Å². The maximum Gasteiger partial charge on any atom is 0.332 e. The van der Waals surface area contributed by atoms with Crippen LogP contribution >= 0.6 is 0 Å². The fourth-order valence-corrected chi connectivity index (χ4v) is 4.38. The lowest BCUT2D eigenvalue weighted by molar-refractivity contribution is -0.138. The van der Waals surface area contributed by atoms with E-state index >= 15 is 0 Å². The van der Waals surface area contributed by atoms with Crippen LogP contribution in [0.2, 0.25) is 0 Å². The number of fused-ring (bicyclic) bond motifs is 2. The second-order valence-corrected chi connectivity index (χ2v) is 7.80. The number of nitrogens with zero attached hydrogens (tertiary/aromatic N) is 3. The highest BCUT2D eigenvalue weighted by Crippen LogP contribution is 2.30. The van der Waals surface area contributed by atoms with Crippen LogP contribution in [0.1, 0.15) is 49.9 Å². The van der Waals surface area contributed by atoms with E-state index in [0.29, 0.717) is 17.3 Å². The number of hydrogen-bond donors (Lipinski definition) is 2. The molecule has 0 spiro atoms. The average molecular weight is 420 g/mol. The molecular weight excluding hydrogens is 396 g/mol. The molecule has 2 atom stereocenters. The Hall–Kier alpha value is -3.68. The summed E-state index contributed by atoms with van der Waals surface area (Å²) in [5.74, 6) is -1.06.